The number of carbonyl (C=O) groups is 2. The fourth-order valence-electron chi connectivity index (χ4n) is 2.58. The predicted molar refractivity (Wildman–Crippen MR) is 93.8 cm³/mol. The fourth-order valence-corrected chi connectivity index (χ4v) is 2.92. The fraction of sp³-hybridized carbons (Fsp3) is 0.235. The first-order chi connectivity index (χ1) is 11.6. The monoisotopic (exact) mass is 363 g/mol. The van der Waals surface area contributed by atoms with E-state index < -0.39 is 5.91 Å². The summed E-state index contributed by atoms with van der Waals surface area (Å²) >= 11 is 12.0. The van der Waals surface area contributed by atoms with E-state index in [2.05, 4.69) is 10.3 Å². The van der Waals surface area contributed by atoms with Crippen molar-refractivity contribution >= 4 is 40.7 Å². The minimum absolute atomic E-state index is 0.0789. The maximum Gasteiger partial charge on any atom is 0.274 e. The maximum absolute atomic E-state index is 12.4. The summed E-state index contributed by atoms with van der Waals surface area (Å²) in [7, 11) is 0. The molecule has 0 saturated carbocycles. The van der Waals surface area contributed by atoms with Crippen LogP contribution in [0.25, 0.3) is 0 Å². The van der Waals surface area contributed by atoms with Crippen molar-refractivity contribution in [1.82, 2.24) is 9.88 Å². The van der Waals surface area contributed by atoms with E-state index in [1.807, 2.05) is 0 Å². The van der Waals surface area contributed by atoms with Crippen LogP contribution in [0, 0.1) is 0 Å². The topological polar surface area (TPSA) is 62.3 Å². The van der Waals surface area contributed by atoms with Gasteiger partial charge in [-0.15, -0.1) is 0 Å². The summed E-state index contributed by atoms with van der Waals surface area (Å²) in [5.41, 5.74) is 0.998. The first-order valence-electron chi connectivity index (χ1n) is 7.57. The lowest BCUT2D eigenvalue weighted by molar-refractivity contribution is 0.0792. The van der Waals surface area contributed by atoms with E-state index >= 15 is 0 Å². The number of carbonyl (C=O) groups excluding carboxylic acids is 2. The molecule has 2 amide bonds. The van der Waals surface area contributed by atoms with Gasteiger partial charge >= 0.3 is 0 Å². The number of aromatic nitrogens is 1. The molecule has 2 aromatic rings. The predicted octanol–water partition coefficient (Wildman–Crippen LogP) is 3.88. The minimum atomic E-state index is -0.449. The highest BCUT2D eigenvalue weighted by Crippen LogP contribution is 2.29. The van der Waals surface area contributed by atoms with Gasteiger partial charge in [0.15, 0.2) is 0 Å². The van der Waals surface area contributed by atoms with Gasteiger partial charge in [-0.1, -0.05) is 29.3 Å². The second-order valence-corrected chi connectivity index (χ2v) is 6.27. The molecule has 2 heterocycles. The van der Waals surface area contributed by atoms with Crippen molar-refractivity contribution < 1.29 is 9.59 Å². The molecule has 0 bridgehead atoms. The summed E-state index contributed by atoms with van der Waals surface area (Å²) in [6, 6.07) is 8.07. The van der Waals surface area contributed by atoms with Gasteiger partial charge in [-0.05, 0) is 37.1 Å². The molecule has 5 nitrogen and oxygen atoms in total. The van der Waals surface area contributed by atoms with Crippen LogP contribution in [0.5, 0.6) is 0 Å². The molecule has 0 radical (unpaired) electrons. The number of hydrogen-bond acceptors (Lipinski definition) is 3. The Bertz CT molecular complexity index is 789. The Morgan fingerprint density at radius 3 is 2.62 bits per heavy atom. The highest BCUT2D eigenvalue weighted by atomic mass is 35.5. The van der Waals surface area contributed by atoms with E-state index in [1.165, 1.54) is 12.3 Å². The summed E-state index contributed by atoms with van der Waals surface area (Å²) in [5.74, 6) is -0.528. The molecule has 1 fully saturated rings. The van der Waals surface area contributed by atoms with Gasteiger partial charge in [-0.2, -0.15) is 0 Å². The van der Waals surface area contributed by atoms with Crippen LogP contribution in [0.3, 0.4) is 0 Å². The Morgan fingerprint density at radius 1 is 1.12 bits per heavy atom. The van der Waals surface area contributed by atoms with Gasteiger partial charge in [-0.25, -0.2) is 0 Å². The van der Waals surface area contributed by atoms with Crippen LogP contribution in [0.4, 0.5) is 5.69 Å². The molecule has 7 heteroatoms. The lowest BCUT2D eigenvalue weighted by atomic mass is 10.2. The summed E-state index contributed by atoms with van der Waals surface area (Å²) < 4.78 is 0. The SMILES string of the molecule is O=C(Nc1cccc(Cl)c1Cl)c1cc(C(=O)N2CCCC2)ccn1. The number of pyridine rings is 1. The van der Waals surface area contributed by atoms with Crippen molar-refractivity contribution in [1.29, 1.82) is 0 Å². The van der Waals surface area contributed by atoms with E-state index in [0.29, 0.717) is 16.3 Å². The highest BCUT2D eigenvalue weighted by Gasteiger charge is 2.21. The molecular formula is C17H15Cl2N3O2. The van der Waals surface area contributed by atoms with E-state index in [1.54, 1.807) is 29.2 Å². The first-order valence-corrected chi connectivity index (χ1v) is 8.32. The molecule has 3 rings (SSSR count). The third-order valence-corrected chi connectivity index (χ3v) is 4.65. The molecule has 1 N–H and O–H groups in total. The molecule has 1 aromatic heterocycles. The number of hydrogen-bond donors (Lipinski definition) is 1. The van der Waals surface area contributed by atoms with Crippen LogP contribution in [0.1, 0.15) is 33.7 Å². The van der Waals surface area contributed by atoms with Crippen molar-refractivity contribution in [3.8, 4) is 0 Å². The van der Waals surface area contributed by atoms with Gasteiger partial charge in [-0.3, -0.25) is 14.6 Å². The van der Waals surface area contributed by atoms with Crippen LogP contribution >= 0.6 is 23.2 Å². The van der Waals surface area contributed by atoms with Gasteiger partial charge < -0.3 is 10.2 Å². The zero-order valence-electron chi connectivity index (χ0n) is 12.8. The Balaban J connectivity index is 1.79. The first kappa shape index (κ1) is 16.7. The average Bonchev–Trinajstić information content (AvgIpc) is 3.13. The second kappa shape index (κ2) is 7.20. The zero-order valence-corrected chi connectivity index (χ0v) is 14.3. The molecule has 1 aliphatic rings. The zero-order chi connectivity index (χ0) is 17.1. The largest absolute Gasteiger partial charge is 0.339 e. The number of amides is 2. The number of benzene rings is 1. The molecule has 0 aliphatic carbocycles. The van der Waals surface area contributed by atoms with Crippen molar-refractivity contribution in [2.24, 2.45) is 0 Å². The van der Waals surface area contributed by atoms with Gasteiger partial charge in [0.25, 0.3) is 11.8 Å². The Labute approximate surface area is 149 Å². The summed E-state index contributed by atoms with van der Waals surface area (Å²) in [6.07, 6.45) is 3.48. The Kier molecular flexibility index (Phi) is 5.02. The third kappa shape index (κ3) is 3.52. The van der Waals surface area contributed by atoms with Crippen molar-refractivity contribution in [2.75, 3.05) is 18.4 Å². The summed E-state index contributed by atoms with van der Waals surface area (Å²) in [5, 5.41) is 3.27. The quantitative estimate of drug-likeness (QED) is 0.899. The van der Waals surface area contributed by atoms with E-state index in [4.69, 9.17) is 23.2 Å². The smallest absolute Gasteiger partial charge is 0.274 e. The third-order valence-electron chi connectivity index (χ3n) is 3.83. The minimum Gasteiger partial charge on any atom is -0.339 e. The molecule has 0 atom stereocenters. The van der Waals surface area contributed by atoms with Crippen molar-refractivity contribution in [3.63, 3.8) is 0 Å². The highest BCUT2D eigenvalue weighted by molar-refractivity contribution is 6.44. The molecule has 124 valence electrons. The Hall–Kier alpha value is -2.11. The molecule has 0 unspecified atom stereocenters. The molecule has 1 saturated heterocycles. The molecule has 1 aliphatic heterocycles. The number of anilines is 1. The van der Waals surface area contributed by atoms with Gasteiger partial charge in [0.05, 0.1) is 15.7 Å². The number of nitrogens with zero attached hydrogens (tertiary/aromatic N) is 2. The lowest BCUT2D eigenvalue weighted by Gasteiger charge is -2.15. The molecular weight excluding hydrogens is 349 g/mol. The van der Waals surface area contributed by atoms with Gasteiger partial charge in [0.1, 0.15) is 5.69 Å². The van der Waals surface area contributed by atoms with Crippen LogP contribution in [-0.4, -0.2) is 34.8 Å². The number of likely N-dealkylation sites (tertiary alicyclic amines) is 1. The van der Waals surface area contributed by atoms with Crippen molar-refractivity contribution in [2.45, 2.75) is 12.8 Å². The van der Waals surface area contributed by atoms with Crippen LogP contribution < -0.4 is 5.32 Å². The van der Waals surface area contributed by atoms with Crippen LogP contribution in [0.2, 0.25) is 10.0 Å². The molecule has 1 aromatic carbocycles. The number of halogens is 2. The van der Waals surface area contributed by atoms with Gasteiger partial charge in [0.2, 0.25) is 0 Å². The van der Waals surface area contributed by atoms with Crippen LogP contribution in [0.15, 0.2) is 36.5 Å². The van der Waals surface area contributed by atoms with Crippen LogP contribution in [-0.2, 0) is 0 Å². The summed E-state index contributed by atoms with van der Waals surface area (Å²) in [4.78, 5) is 30.6. The summed E-state index contributed by atoms with van der Waals surface area (Å²) in [6.45, 7) is 1.50. The number of nitrogens with one attached hydrogen (secondary N) is 1. The Morgan fingerprint density at radius 2 is 1.88 bits per heavy atom. The maximum atomic E-state index is 12.4. The second-order valence-electron chi connectivity index (χ2n) is 5.48. The standard InChI is InChI=1S/C17H15Cl2N3O2/c18-12-4-3-5-13(15(12)19)21-16(23)14-10-11(6-7-20-14)17(24)22-8-1-2-9-22/h3-7,10H,1-2,8-9H2,(H,21,23). The average molecular weight is 364 g/mol. The van der Waals surface area contributed by atoms with E-state index in [0.717, 1.165) is 25.9 Å². The normalized spacial score (nSPS) is 13.8. The molecule has 0 spiro atoms. The van der Waals surface area contributed by atoms with Gasteiger partial charge in [0, 0.05) is 24.8 Å². The van der Waals surface area contributed by atoms with E-state index in [-0.39, 0.29) is 16.6 Å². The van der Waals surface area contributed by atoms with E-state index in [9.17, 15) is 9.59 Å². The number of rotatable bonds is 3. The van der Waals surface area contributed by atoms with Crippen molar-refractivity contribution in [3.05, 3.63) is 57.8 Å². The lowest BCUT2D eigenvalue weighted by Crippen LogP contribution is -2.28. The molecule has 24 heavy (non-hydrogen) atoms.